The van der Waals surface area contributed by atoms with Crippen LogP contribution in [0.1, 0.15) is 10.5 Å². The van der Waals surface area contributed by atoms with E-state index < -0.39 is 5.91 Å². The molecule has 0 unspecified atom stereocenters. The Morgan fingerprint density at radius 3 is 2.50 bits per heavy atom. The summed E-state index contributed by atoms with van der Waals surface area (Å²) in [7, 11) is 1.68. The molecule has 0 saturated carbocycles. The fraction of sp³-hybridized carbons (Fsp3) is 0.0833. The van der Waals surface area contributed by atoms with E-state index in [4.69, 9.17) is 34.8 Å². The molecule has 0 atom stereocenters. The molecule has 104 valence electrons. The maximum absolute atomic E-state index is 12.1. The van der Waals surface area contributed by atoms with Gasteiger partial charge in [0.15, 0.2) is 0 Å². The predicted octanol–water partition coefficient (Wildman–Crippen LogP) is 3.73. The summed E-state index contributed by atoms with van der Waals surface area (Å²) < 4.78 is 0. The van der Waals surface area contributed by atoms with Crippen LogP contribution in [0.3, 0.4) is 0 Å². The zero-order valence-corrected chi connectivity index (χ0v) is 12.5. The normalized spacial score (nSPS) is 10.2. The number of aromatic nitrogens is 2. The fourth-order valence-corrected chi connectivity index (χ4v) is 1.99. The molecule has 0 fully saturated rings. The third-order valence-corrected chi connectivity index (χ3v) is 3.42. The first kappa shape index (κ1) is 14.8. The molecular weight excluding hydrogens is 323 g/mol. The zero-order chi connectivity index (χ0) is 14.7. The predicted molar refractivity (Wildman–Crippen MR) is 81.0 cm³/mol. The molecule has 1 heterocycles. The van der Waals surface area contributed by atoms with Gasteiger partial charge in [-0.15, -0.1) is 0 Å². The fourth-order valence-electron chi connectivity index (χ4n) is 1.40. The van der Waals surface area contributed by atoms with Crippen LogP contribution in [0.5, 0.6) is 0 Å². The number of carbonyl (C=O) groups excluding carboxylic acids is 1. The number of nitrogens with zero attached hydrogens (tertiary/aromatic N) is 2. The highest BCUT2D eigenvalue weighted by molar-refractivity contribution is 6.44. The van der Waals surface area contributed by atoms with E-state index in [1.807, 2.05) is 0 Å². The largest absolute Gasteiger partial charge is 0.372 e. The Bertz CT molecular complexity index is 663. The molecule has 0 aliphatic heterocycles. The van der Waals surface area contributed by atoms with Gasteiger partial charge < -0.3 is 10.6 Å². The topological polar surface area (TPSA) is 66.9 Å². The van der Waals surface area contributed by atoms with Gasteiger partial charge >= 0.3 is 0 Å². The lowest BCUT2D eigenvalue weighted by atomic mass is 10.3. The second-order valence-electron chi connectivity index (χ2n) is 3.74. The van der Waals surface area contributed by atoms with Gasteiger partial charge in [-0.1, -0.05) is 34.8 Å². The van der Waals surface area contributed by atoms with Crippen LogP contribution in [-0.2, 0) is 0 Å². The van der Waals surface area contributed by atoms with Crippen LogP contribution in [0.15, 0.2) is 24.5 Å². The van der Waals surface area contributed by atoms with Gasteiger partial charge in [-0.3, -0.25) is 9.78 Å². The number of rotatable bonds is 3. The molecule has 8 heteroatoms. The second kappa shape index (κ2) is 6.26. The van der Waals surface area contributed by atoms with Gasteiger partial charge in [0.25, 0.3) is 5.91 Å². The Labute approximate surface area is 130 Å². The molecule has 5 nitrogen and oxygen atoms in total. The third kappa shape index (κ3) is 3.30. The van der Waals surface area contributed by atoms with Crippen molar-refractivity contribution < 1.29 is 4.79 Å². The lowest BCUT2D eigenvalue weighted by Crippen LogP contribution is -2.15. The van der Waals surface area contributed by atoms with Gasteiger partial charge in [0.05, 0.1) is 33.1 Å². The van der Waals surface area contributed by atoms with Crippen molar-refractivity contribution in [1.29, 1.82) is 0 Å². The van der Waals surface area contributed by atoms with E-state index in [-0.39, 0.29) is 10.7 Å². The van der Waals surface area contributed by atoms with Crippen LogP contribution in [0, 0.1) is 0 Å². The van der Waals surface area contributed by atoms with Gasteiger partial charge in [0.2, 0.25) is 0 Å². The number of halogens is 3. The SMILES string of the molecule is CNc1cncc(C(=O)Nc2cc(Cl)c(Cl)cc2Cl)n1. The number of carbonyl (C=O) groups is 1. The van der Waals surface area contributed by atoms with Crippen molar-refractivity contribution in [3.63, 3.8) is 0 Å². The van der Waals surface area contributed by atoms with Crippen molar-refractivity contribution in [2.45, 2.75) is 0 Å². The number of benzene rings is 1. The molecule has 2 rings (SSSR count). The van der Waals surface area contributed by atoms with Crippen molar-refractivity contribution >= 4 is 52.2 Å². The van der Waals surface area contributed by atoms with Crippen molar-refractivity contribution in [1.82, 2.24) is 9.97 Å². The van der Waals surface area contributed by atoms with Crippen LogP contribution in [0.2, 0.25) is 15.1 Å². The van der Waals surface area contributed by atoms with Crippen LogP contribution < -0.4 is 10.6 Å². The van der Waals surface area contributed by atoms with E-state index in [1.54, 1.807) is 7.05 Å². The minimum atomic E-state index is -0.449. The Balaban J connectivity index is 2.25. The number of hydrogen-bond donors (Lipinski definition) is 2. The molecule has 0 radical (unpaired) electrons. The van der Waals surface area contributed by atoms with Gasteiger partial charge in [0, 0.05) is 7.05 Å². The molecular formula is C12H9Cl3N4O. The molecule has 2 N–H and O–H groups in total. The Morgan fingerprint density at radius 2 is 1.80 bits per heavy atom. The lowest BCUT2D eigenvalue weighted by Gasteiger charge is -2.08. The number of nitrogens with one attached hydrogen (secondary N) is 2. The highest BCUT2D eigenvalue weighted by atomic mass is 35.5. The first-order valence-corrected chi connectivity index (χ1v) is 6.60. The minimum absolute atomic E-state index is 0.152. The van der Waals surface area contributed by atoms with Crippen LogP contribution >= 0.6 is 34.8 Å². The molecule has 0 bridgehead atoms. The molecule has 1 aromatic carbocycles. The summed E-state index contributed by atoms with van der Waals surface area (Å²) in [5, 5.41) is 6.28. The summed E-state index contributed by atoms with van der Waals surface area (Å²) in [5.74, 6) is 0.0350. The van der Waals surface area contributed by atoms with Crippen molar-refractivity contribution in [2.24, 2.45) is 0 Å². The maximum Gasteiger partial charge on any atom is 0.275 e. The second-order valence-corrected chi connectivity index (χ2v) is 4.96. The summed E-state index contributed by atoms with van der Waals surface area (Å²) in [4.78, 5) is 20.0. The highest BCUT2D eigenvalue weighted by Crippen LogP contribution is 2.32. The smallest absolute Gasteiger partial charge is 0.275 e. The van der Waals surface area contributed by atoms with Gasteiger partial charge in [-0.25, -0.2) is 4.98 Å². The Morgan fingerprint density at radius 1 is 1.10 bits per heavy atom. The van der Waals surface area contributed by atoms with Crippen molar-refractivity contribution in [3.8, 4) is 0 Å². The van der Waals surface area contributed by atoms with E-state index >= 15 is 0 Å². The zero-order valence-electron chi connectivity index (χ0n) is 10.2. The maximum atomic E-state index is 12.1. The first-order valence-electron chi connectivity index (χ1n) is 5.47. The monoisotopic (exact) mass is 330 g/mol. The van der Waals surface area contributed by atoms with Gasteiger partial charge in [-0.2, -0.15) is 0 Å². The van der Waals surface area contributed by atoms with Gasteiger partial charge in [-0.05, 0) is 12.1 Å². The van der Waals surface area contributed by atoms with E-state index in [1.165, 1.54) is 24.5 Å². The van der Waals surface area contributed by atoms with E-state index in [9.17, 15) is 4.79 Å². The average molecular weight is 332 g/mol. The van der Waals surface area contributed by atoms with Crippen molar-refractivity contribution in [3.05, 3.63) is 45.3 Å². The first-order chi connectivity index (χ1) is 9.51. The molecule has 20 heavy (non-hydrogen) atoms. The lowest BCUT2D eigenvalue weighted by molar-refractivity contribution is 0.102. The standard InChI is InChI=1S/C12H9Cl3N4O/c1-16-11-5-17-4-10(18-11)12(20)19-9-3-7(14)6(13)2-8(9)15/h2-5H,1H3,(H,16,18)(H,19,20). The van der Waals surface area contributed by atoms with Crippen LogP contribution in [0.4, 0.5) is 11.5 Å². The molecule has 0 spiro atoms. The van der Waals surface area contributed by atoms with Crippen molar-refractivity contribution in [2.75, 3.05) is 17.7 Å². The number of amides is 1. The molecule has 1 aromatic heterocycles. The van der Waals surface area contributed by atoms with Gasteiger partial charge in [0.1, 0.15) is 11.5 Å². The summed E-state index contributed by atoms with van der Waals surface area (Å²) in [6.45, 7) is 0. The summed E-state index contributed by atoms with van der Waals surface area (Å²) in [6, 6.07) is 2.93. The number of hydrogen-bond acceptors (Lipinski definition) is 4. The van der Waals surface area contributed by atoms with Crippen LogP contribution in [-0.4, -0.2) is 22.9 Å². The summed E-state index contributed by atoms with van der Waals surface area (Å²) in [5.41, 5.74) is 0.502. The molecule has 0 saturated heterocycles. The third-order valence-electron chi connectivity index (χ3n) is 2.38. The Hall–Kier alpha value is -1.56. The molecule has 0 aliphatic rings. The number of anilines is 2. The molecule has 0 aliphatic carbocycles. The summed E-state index contributed by atoms with van der Waals surface area (Å²) in [6.07, 6.45) is 2.85. The van der Waals surface area contributed by atoms with E-state index in [0.29, 0.717) is 21.6 Å². The minimum Gasteiger partial charge on any atom is -0.372 e. The Kier molecular flexibility index (Phi) is 4.65. The summed E-state index contributed by atoms with van der Waals surface area (Å²) >= 11 is 17.7. The van der Waals surface area contributed by atoms with E-state index in [2.05, 4.69) is 20.6 Å². The van der Waals surface area contributed by atoms with Crippen LogP contribution in [0.25, 0.3) is 0 Å². The molecule has 2 aromatic rings. The van der Waals surface area contributed by atoms with E-state index in [0.717, 1.165) is 0 Å². The highest BCUT2D eigenvalue weighted by Gasteiger charge is 2.12. The quantitative estimate of drug-likeness (QED) is 0.841. The molecule has 1 amide bonds. The average Bonchev–Trinajstić information content (AvgIpc) is 2.44.